The Bertz CT molecular complexity index is 647. The van der Waals surface area contributed by atoms with E-state index in [9.17, 15) is 4.79 Å². The summed E-state index contributed by atoms with van der Waals surface area (Å²) < 4.78 is 1.08. The van der Waals surface area contributed by atoms with Gasteiger partial charge in [0.05, 0.1) is 10.2 Å². The number of anilines is 1. The predicted octanol–water partition coefficient (Wildman–Crippen LogP) is 2.44. The second-order valence-electron chi connectivity index (χ2n) is 6.14. The third kappa shape index (κ3) is 4.23. The molecule has 2 aromatic rings. The number of nitrogens with one attached hydrogen (secondary N) is 2. The number of para-hydroxylation sites is 1. The second kappa shape index (κ2) is 7.92. The summed E-state index contributed by atoms with van der Waals surface area (Å²) in [6.45, 7) is 10.5. The van der Waals surface area contributed by atoms with E-state index < -0.39 is 0 Å². The molecule has 0 bridgehead atoms. The monoisotopic (exact) mass is 347 g/mol. The van der Waals surface area contributed by atoms with Crippen LogP contribution in [0, 0.1) is 0 Å². The Labute approximate surface area is 146 Å². The fraction of sp³-hybridized carbons (Fsp3) is 0.529. The summed E-state index contributed by atoms with van der Waals surface area (Å²) in [6.07, 6.45) is 0. The van der Waals surface area contributed by atoms with Gasteiger partial charge in [-0.05, 0) is 25.6 Å². The first-order valence-corrected chi connectivity index (χ1v) is 9.34. The fourth-order valence-corrected chi connectivity index (χ4v) is 3.82. The minimum atomic E-state index is -0.187. The van der Waals surface area contributed by atoms with E-state index in [-0.39, 0.29) is 6.03 Å². The Morgan fingerprint density at radius 1 is 1.29 bits per heavy atom. The lowest BCUT2D eigenvalue weighted by atomic mass is 10.2. The summed E-state index contributed by atoms with van der Waals surface area (Å²) >= 11 is 1.49. The molecule has 3 rings (SSSR count). The minimum Gasteiger partial charge on any atom is -0.336 e. The van der Waals surface area contributed by atoms with Crippen molar-refractivity contribution in [3.8, 4) is 0 Å². The molecule has 0 spiro atoms. The average molecular weight is 347 g/mol. The molecule has 1 fully saturated rings. The number of carbonyl (C=O) groups excluding carboxylic acids is 1. The first kappa shape index (κ1) is 17.1. The van der Waals surface area contributed by atoms with Gasteiger partial charge in [-0.2, -0.15) is 0 Å². The minimum absolute atomic E-state index is 0.187. The molecule has 2 N–H and O–H groups in total. The van der Waals surface area contributed by atoms with Crippen LogP contribution >= 0.6 is 11.3 Å². The van der Waals surface area contributed by atoms with E-state index in [4.69, 9.17) is 0 Å². The molecule has 0 aliphatic carbocycles. The molecule has 1 saturated heterocycles. The maximum Gasteiger partial charge on any atom is 0.321 e. The van der Waals surface area contributed by atoms with Gasteiger partial charge in [-0.15, -0.1) is 0 Å². The fourth-order valence-electron chi connectivity index (χ4n) is 2.96. The normalized spacial score (nSPS) is 17.8. The van der Waals surface area contributed by atoms with Crippen LogP contribution in [0.15, 0.2) is 24.3 Å². The van der Waals surface area contributed by atoms with E-state index in [1.165, 1.54) is 11.3 Å². The second-order valence-corrected chi connectivity index (χ2v) is 7.17. The van der Waals surface area contributed by atoms with Crippen molar-refractivity contribution in [2.75, 3.05) is 44.6 Å². The molecule has 7 heteroatoms. The average Bonchev–Trinajstić information content (AvgIpc) is 3.02. The van der Waals surface area contributed by atoms with Crippen molar-refractivity contribution in [1.29, 1.82) is 0 Å². The van der Waals surface area contributed by atoms with Crippen LogP contribution in [0.1, 0.15) is 13.8 Å². The van der Waals surface area contributed by atoms with Gasteiger partial charge in [-0.3, -0.25) is 10.2 Å². The van der Waals surface area contributed by atoms with Gasteiger partial charge in [-0.1, -0.05) is 30.4 Å². The smallest absolute Gasteiger partial charge is 0.321 e. The van der Waals surface area contributed by atoms with E-state index in [0.717, 1.165) is 42.9 Å². The molecule has 24 heavy (non-hydrogen) atoms. The zero-order valence-corrected chi connectivity index (χ0v) is 15.1. The van der Waals surface area contributed by atoms with Gasteiger partial charge in [-0.25, -0.2) is 9.78 Å². The number of hydrogen-bond donors (Lipinski definition) is 2. The highest BCUT2D eigenvalue weighted by atomic mass is 32.1. The molecule has 0 unspecified atom stereocenters. The Hall–Kier alpha value is -1.70. The van der Waals surface area contributed by atoms with Crippen LogP contribution in [0.5, 0.6) is 0 Å². The van der Waals surface area contributed by atoms with Crippen molar-refractivity contribution in [3.63, 3.8) is 0 Å². The van der Waals surface area contributed by atoms with Crippen LogP contribution in [0.2, 0.25) is 0 Å². The zero-order chi connectivity index (χ0) is 16.9. The number of rotatable bonds is 5. The standard InChI is InChI=1S/C17H25N5OS/c1-3-21-8-10-22(11-9-21)13(2)12-18-16(23)20-17-19-14-6-4-5-7-15(14)24-17/h4-7,13H,3,8-12H2,1-2H3,(H2,18,19,20,23)/t13-/m1/s1. The number of amides is 2. The molecule has 6 nitrogen and oxygen atoms in total. The third-order valence-corrected chi connectivity index (χ3v) is 5.50. The van der Waals surface area contributed by atoms with Gasteiger partial charge in [0, 0.05) is 38.8 Å². The number of urea groups is 1. The summed E-state index contributed by atoms with van der Waals surface area (Å²) in [5, 5.41) is 6.43. The Kier molecular flexibility index (Phi) is 5.65. The Morgan fingerprint density at radius 3 is 2.75 bits per heavy atom. The number of piperazine rings is 1. The number of thiazole rings is 1. The van der Waals surface area contributed by atoms with Gasteiger partial charge >= 0.3 is 6.03 Å². The maximum absolute atomic E-state index is 12.1. The van der Waals surface area contributed by atoms with Crippen LogP contribution < -0.4 is 10.6 Å². The van der Waals surface area contributed by atoms with Gasteiger partial charge in [0.25, 0.3) is 0 Å². The molecule has 1 aromatic heterocycles. The first-order chi connectivity index (χ1) is 11.7. The first-order valence-electron chi connectivity index (χ1n) is 8.52. The number of fused-ring (bicyclic) bond motifs is 1. The highest BCUT2D eigenvalue weighted by Gasteiger charge is 2.20. The van der Waals surface area contributed by atoms with Gasteiger partial charge in [0.1, 0.15) is 0 Å². The summed E-state index contributed by atoms with van der Waals surface area (Å²) in [5.74, 6) is 0. The van der Waals surface area contributed by atoms with Crippen LogP contribution in [0.25, 0.3) is 10.2 Å². The Balaban J connectivity index is 1.45. The van der Waals surface area contributed by atoms with E-state index >= 15 is 0 Å². The highest BCUT2D eigenvalue weighted by Crippen LogP contribution is 2.25. The number of aromatic nitrogens is 1. The number of hydrogen-bond acceptors (Lipinski definition) is 5. The molecule has 1 aromatic carbocycles. The summed E-state index contributed by atoms with van der Waals surface area (Å²) in [6, 6.07) is 8.04. The van der Waals surface area contributed by atoms with E-state index in [1.54, 1.807) is 0 Å². The molecule has 2 amide bonds. The van der Waals surface area contributed by atoms with Crippen molar-refractivity contribution in [2.24, 2.45) is 0 Å². The van der Waals surface area contributed by atoms with Crippen molar-refractivity contribution in [2.45, 2.75) is 19.9 Å². The van der Waals surface area contributed by atoms with Crippen molar-refractivity contribution >= 4 is 32.7 Å². The molecule has 1 aliphatic heterocycles. The molecule has 2 heterocycles. The van der Waals surface area contributed by atoms with Gasteiger partial charge in [0.2, 0.25) is 0 Å². The number of nitrogens with zero attached hydrogens (tertiary/aromatic N) is 3. The highest BCUT2D eigenvalue weighted by molar-refractivity contribution is 7.22. The van der Waals surface area contributed by atoms with Crippen LogP contribution in [-0.2, 0) is 0 Å². The Morgan fingerprint density at radius 2 is 2.04 bits per heavy atom. The summed E-state index contributed by atoms with van der Waals surface area (Å²) in [4.78, 5) is 21.4. The van der Waals surface area contributed by atoms with Crippen molar-refractivity contribution < 1.29 is 4.79 Å². The summed E-state index contributed by atoms with van der Waals surface area (Å²) in [7, 11) is 0. The quantitative estimate of drug-likeness (QED) is 0.872. The van der Waals surface area contributed by atoms with E-state index in [2.05, 4.69) is 39.3 Å². The number of benzene rings is 1. The van der Waals surface area contributed by atoms with Gasteiger partial charge in [0.15, 0.2) is 5.13 Å². The molecule has 0 saturated carbocycles. The maximum atomic E-state index is 12.1. The predicted molar refractivity (Wildman–Crippen MR) is 99.8 cm³/mol. The lowest BCUT2D eigenvalue weighted by molar-refractivity contribution is 0.106. The zero-order valence-electron chi connectivity index (χ0n) is 14.3. The largest absolute Gasteiger partial charge is 0.336 e. The molecular weight excluding hydrogens is 322 g/mol. The van der Waals surface area contributed by atoms with Crippen molar-refractivity contribution in [1.82, 2.24) is 20.1 Å². The lowest BCUT2D eigenvalue weighted by Gasteiger charge is -2.37. The SMILES string of the molecule is CCN1CCN([C@H](C)CNC(=O)Nc2nc3ccccc3s2)CC1. The number of carbonyl (C=O) groups is 1. The van der Waals surface area contributed by atoms with Crippen LogP contribution in [0.4, 0.5) is 9.93 Å². The summed E-state index contributed by atoms with van der Waals surface area (Å²) in [5.41, 5.74) is 0.917. The van der Waals surface area contributed by atoms with Crippen LogP contribution in [0.3, 0.4) is 0 Å². The molecule has 0 radical (unpaired) electrons. The molecule has 1 aliphatic rings. The van der Waals surface area contributed by atoms with E-state index in [1.807, 2.05) is 24.3 Å². The molecule has 1 atom stereocenters. The lowest BCUT2D eigenvalue weighted by Crippen LogP contribution is -2.52. The third-order valence-electron chi connectivity index (χ3n) is 4.55. The van der Waals surface area contributed by atoms with Crippen molar-refractivity contribution in [3.05, 3.63) is 24.3 Å². The van der Waals surface area contributed by atoms with Gasteiger partial charge < -0.3 is 10.2 Å². The topological polar surface area (TPSA) is 60.5 Å². The molecular formula is C17H25N5OS. The van der Waals surface area contributed by atoms with E-state index in [0.29, 0.717) is 17.7 Å². The van der Waals surface area contributed by atoms with Crippen LogP contribution in [-0.4, -0.2) is 66.1 Å². The number of likely N-dealkylation sites (N-methyl/N-ethyl adjacent to an activating group) is 1. The molecule has 130 valence electrons.